The molecule has 3 aromatic rings. The van der Waals surface area contributed by atoms with Crippen molar-refractivity contribution in [3.05, 3.63) is 65.8 Å². The van der Waals surface area contributed by atoms with Gasteiger partial charge in [-0.15, -0.1) is 0 Å². The molecular formula is C23H23FN4O2. The molecule has 0 atom stereocenters. The fourth-order valence-electron chi connectivity index (χ4n) is 4.35. The minimum absolute atomic E-state index is 0.0601. The van der Waals surface area contributed by atoms with Crippen molar-refractivity contribution in [3.63, 3.8) is 0 Å². The van der Waals surface area contributed by atoms with Crippen LogP contribution in [0.15, 0.2) is 53.1 Å². The summed E-state index contributed by atoms with van der Waals surface area (Å²) in [6.45, 7) is 2.98. The molecule has 5 rings (SSSR count). The van der Waals surface area contributed by atoms with E-state index in [2.05, 4.69) is 21.1 Å². The second-order valence-corrected chi connectivity index (χ2v) is 7.94. The van der Waals surface area contributed by atoms with Gasteiger partial charge in [-0.3, -0.25) is 9.69 Å². The molecule has 1 amide bonds. The molecule has 0 aliphatic carbocycles. The zero-order chi connectivity index (χ0) is 20.5. The number of rotatable bonds is 4. The van der Waals surface area contributed by atoms with E-state index >= 15 is 0 Å². The first-order valence-corrected chi connectivity index (χ1v) is 10.4. The number of nitrogens with zero attached hydrogens (tertiary/aromatic N) is 4. The summed E-state index contributed by atoms with van der Waals surface area (Å²) in [5.74, 6) is 1.01. The van der Waals surface area contributed by atoms with Crippen LogP contribution in [0.3, 0.4) is 0 Å². The van der Waals surface area contributed by atoms with E-state index in [0.29, 0.717) is 18.3 Å². The third kappa shape index (κ3) is 3.73. The first kappa shape index (κ1) is 18.9. The second-order valence-electron chi connectivity index (χ2n) is 7.94. The molecular weight excluding hydrogens is 383 g/mol. The van der Waals surface area contributed by atoms with Gasteiger partial charge in [-0.05, 0) is 68.2 Å². The standard InChI is InChI=1S/C23H23FN4O2/c24-19-7-5-17(6-8-19)22-25-21(30-26-22)15-27-12-9-18(10-13-27)23(29)28-14-11-16-3-1-2-4-20(16)28/h1-8,18H,9-15H2. The first-order chi connectivity index (χ1) is 14.7. The lowest BCUT2D eigenvalue weighted by molar-refractivity contribution is -0.123. The minimum Gasteiger partial charge on any atom is -0.338 e. The Kier molecular flexibility index (Phi) is 5.04. The Hall–Kier alpha value is -3.06. The van der Waals surface area contributed by atoms with Gasteiger partial charge >= 0.3 is 0 Å². The molecule has 2 aliphatic heterocycles. The van der Waals surface area contributed by atoms with E-state index in [1.807, 2.05) is 23.1 Å². The molecule has 6 nitrogen and oxygen atoms in total. The molecule has 0 radical (unpaired) electrons. The molecule has 0 N–H and O–H groups in total. The van der Waals surface area contributed by atoms with Crippen LogP contribution in [0, 0.1) is 11.7 Å². The Morgan fingerprint density at radius 1 is 1.07 bits per heavy atom. The smallest absolute Gasteiger partial charge is 0.241 e. The molecule has 7 heteroatoms. The van der Waals surface area contributed by atoms with Crippen molar-refractivity contribution >= 4 is 11.6 Å². The van der Waals surface area contributed by atoms with Crippen molar-refractivity contribution in [2.75, 3.05) is 24.5 Å². The van der Waals surface area contributed by atoms with Gasteiger partial charge in [0.05, 0.1) is 6.54 Å². The van der Waals surface area contributed by atoms with Crippen molar-refractivity contribution in [1.29, 1.82) is 0 Å². The molecule has 0 spiro atoms. The minimum atomic E-state index is -0.294. The van der Waals surface area contributed by atoms with Gasteiger partial charge in [0.15, 0.2) is 0 Å². The SMILES string of the molecule is O=C(C1CCN(Cc2nc(-c3ccc(F)cc3)no2)CC1)N1CCc2ccccc21. The summed E-state index contributed by atoms with van der Waals surface area (Å²) in [6.07, 6.45) is 2.60. The highest BCUT2D eigenvalue weighted by Crippen LogP contribution is 2.31. The number of carbonyl (C=O) groups excluding carboxylic acids is 1. The van der Waals surface area contributed by atoms with Gasteiger partial charge in [0.25, 0.3) is 0 Å². The topological polar surface area (TPSA) is 62.5 Å². The highest BCUT2D eigenvalue weighted by molar-refractivity contribution is 5.97. The van der Waals surface area contributed by atoms with E-state index in [9.17, 15) is 9.18 Å². The summed E-state index contributed by atoms with van der Waals surface area (Å²) < 4.78 is 18.5. The van der Waals surface area contributed by atoms with Crippen molar-refractivity contribution in [2.24, 2.45) is 5.92 Å². The number of benzene rings is 2. The van der Waals surface area contributed by atoms with Gasteiger partial charge < -0.3 is 9.42 Å². The largest absolute Gasteiger partial charge is 0.338 e. The van der Waals surface area contributed by atoms with E-state index in [1.165, 1.54) is 17.7 Å². The summed E-state index contributed by atoms with van der Waals surface area (Å²) in [5.41, 5.74) is 3.06. The van der Waals surface area contributed by atoms with Gasteiger partial charge in [-0.1, -0.05) is 23.4 Å². The highest BCUT2D eigenvalue weighted by Gasteiger charge is 2.32. The number of likely N-dealkylation sites (tertiary alicyclic amines) is 1. The highest BCUT2D eigenvalue weighted by atomic mass is 19.1. The zero-order valence-corrected chi connectivity index (χ0v) is 16.6. The van der Waals surface area contributed by atoms with Crippen LogP contribution in [0.4, 0.5) is 10.1 Å². The van der Waals surface area contributed by atoms with Crippen LogP contribution in [-0.2, 0) is 17.8 Å². The Labute approximate surface area is 174 Å². The molecule has 0 saturated carbocycles. The summed E-state index contributed by atoms with van der Waals surface area (Å²) in [5, 5.41) is 4.00. The van der Waals surface area contributed by atoms with Gasteiger partial charge in [-0.25, -0.2) is 4.39 Å². The van der Waals surface area contributed by atoms with Crippen LogP contribution in [-0.4, -0.2) is 40.6 Å². The number of amides is 1. The average Bonchev–Trinajstić information content (AvgIpc) is 3.42. The molecule has 30 heavy (non-hydrogen) atoms. The summed E-state index contributed by atoms with van der Waals surface area (Å²) >= 11 is 0. The van der Waals surface area contributed by atoms with Crippen LogP contribution in [0.5, 0.6) is 0 Å². The van der Waals surface area contributed by atoms with Crippen LogP contribution in [0.25, 0.3) is 11.4 Å². The Morgan fingerprint density at radius 2 is 1.83 bits per heavy atom. The van der Waals surface area contributed by atoms with E-state index in [4.69, 9.17) is 4.52 Å². The lowest BCUT2D eigenvalue weighted by Crippen LogP contribution is -2.42. The number of para-hydroxylation sites is 1. The summed E-state index contributed by atoms with van der Waals surface area (Å²) in [4.78, 5) is 21.7. The van der Waals surface area contributed by atoms with Crippen molar-refractivity contribution < 1.29 is 13.7 Å². The third-order valence-corrected chi connectivity index (χ3v) is 6.02. The predicted molar refractivity (Wildman–Crippen MR) is 110 cm³/mol. The number of hydrogen-bond acceptors (Lipinski definition) is 5. The van der Waals surface area contributed by atoms with Crippen LogP contribution < -0.4 is 4.90 Å². The molecule has 1 aromatic heterocycles. The Morgan fingerprint density at radius 3 is 2.63 bits per heavy atom. The second kappa shape index (κ2) is 7.99. The van der Waals surface area contributed by atoms with Crippen LogP contribution in [0.1, 0.15) is 24.3 Å². The zero-order valence-electron chi connectivity index (χ0n) is 16.6. The number of fused-ring (bicyclic) bond motifs is 1. The lowest BCUT2D eigenvalue weighted by Gasteiger charge is -2.32. The van der Waals surface area contributed by atoms with Gasteiger partial charge in [0, 0.05) is 23.7 Å². The van der Waals surface area contributed by atoms with Crippen molar-refractivity contribution in [1.82, 2.24) is 15.0 Å². The van der Waals surface area contributed by atoms with E-state index in [0.717, 1.165) is 50.1 Å². The van der Waals surface area contributed by atoms with Gasteiger partial charge in [-0.2, -0.15) is 4.98 Å². The number of carbonyl (C=O) groups is 1. The fourth-order valence-corrected chi connectivity index (χ4v) is 4.35. The molecule has 0 bridgehead atoms. The summed E-state index contributed by atoms with van der Waals surface area (Å²) in [6, 6.07) is 14.2. The van der Waals surface area contributed by atoms with E-state index < -0.39 is 0 Å². The average molecular weight is 406 g/mol. The molecule has 0 unspecified atom stereocenters. The van der Waals surface area contributed by atoms with E-state index in [1.54, 1.807) is 12.1 Å². The Bertz CT molecular complexity index is 1040. The first-order valence-electron chi connectivity index (χ1n) is 10.4. The maximum absolute atomic E-state index is 13.1. The molecule has 1 saturated heterocycles. The van der Waals surface area contributed by atoms with Crippen molar-refractivity contribution in [3.8, 4) is 11.4 Å². The molecule has 3 heterocycles. The lowest BCUT2D eigenvalue weighted by atomic mass is 9.95. The molecule has 1 fully saturated rings. The predicted octanol–water partition coefficient (Wildman–Crippen LogP) is 3.68. The third-order valence-electron chi connectivity index (χ3n) is 6.02. The fraction of sp³-hybridized carbons (Fsp3) is 0.348. The quantitative estimate of drug-likeness (QED) is 0.662. The van der Waals surface area contributed by atoms with Gasteiger partial charge in [0.2, 0.25) is 17.6 Å². The number of piperidine rings is 1. The molecule has 154 valence electrons. The van der Waals surface area contributed by atoms with Crippen molar-refractivity contribution in [2.45, 2.75) is 25.8 Å². The maximum atomic E-state index is 13.1. The Balaban J connectivity index is 1.17. The number of anilines is 1. The number of aromatic nitrogens is 2. The number of hydrogen-bond donors (Lipinski definition) is 0. The summed E-state index contributed by atoms with van der Waals surface area (Å²) in [7, 11) is 0. The number of halogens is 1. The molecule has 2 aromatic carbocycles. The maximum Gasteiger partial charge on any atom is 0.241 e. The normalized spacial score (nSPS) is 17.3. The monoisotopic (exact) mass is 406 g/mol. The van der Waals surface area contributed by atoms with Gasteiger partial charge in [0.1, 0.15) is 5.82 Å². The van der Waals surface area contributed by atoms with E-state index in [-0.39, 0.29) is 17.6 Å². The van der Waals surface area contributed by atoms with Crippen LogP contribution >= 0.6 is 0 Å². The van der Waals surface area contributed by atoms with Crippen LogP contribution in [0.2, 0.25) is 0 Å². The molecule has 2 aliphatic rings.